The van der Waals surface area contributed by atoms with Gasteiger partial charge in [0.1, 0.15) is 5.82 Å². The van der Waals surface area contributed by atoms with Crippen LogP contribution in [0, 0.1) is 17.5 Å². The Kier molecular flexibility index (Phi) is 3.48. The van der Waals surface area contributed by atoms with Gasteiger partial charge in [0.05, 0.1) is 10.6 Å². The molecule has 2 N–H and O–H groups in total. The summed E-state index contributed by atoms with van der Waals surface area (Å²) in [7, 11) is 0. The number of hydrogen-bond acceptors (Lipinski definition) is 2. The van der Waals surface area contributed by atoms with Gasteiger partial charge in [-0.05, 0) is 30.3 Å². The van der Waals surface area contributed by atoms with Gasteiger partial charge in [0.2, 0.25) is 0 Å². The third-order valence-corrected chi connectivity index (χ3v) is 2.81. The van der Waals surface area contributed by atoms with Crippen LogP contribution in [0.25, 0.3) is 0 Å². The molecule has 0 spiro atoms. The van der Waals surface area contributed by atoms with Gasteiger partial charge in [-0.3, -0.25) is 4.79 Å². The molecule has 98 valence electrons. The van der Waals surface area contributed by atoms with E-state index in [1.54, 1.807) is 0 Å². The summed E-state index contributed by atoms with van der Waals surface area (Å²) in [6.45, 7) is 0. The van der Waals surface area contributed by atoms with Gasteiger partial charge >= 0.3 is 0 Å². The van der Waals surface area contributed by atoms with Crippen LogP contribution >= 0.6 is 11.6 Å². The summed E-state index contributed by atoms with van der Waals surface area (Å²) in [4.78, 5) is 12.0. The Morgan fingerprint density at radius 2 is 1.58 bits per heavy atom. The molecule has 2 aromatic carbocycles. The number of anilines is 1. The van der Waals surface area contributed by atoms with Gasteiger partial charge in [0.25, 0.3) is 0 Å². The Morgan fingerprint density at radius 1 is 0.947 bits per heavy atom. The van der Waals surface area contributed by atoms with Crippen LogP contribution < -0.4 is 5.73 Å². The van der Waals surface area contributed by atoms with Crippen molar-refractivity contribution < 1.29 is 18.0 Å². The zero-order valence-electron chi connectivity index (χ0n) is 9.38. The third-order valence-electron chi connectivity index (χ3n) is 2.49. The van der Waals surface area contributed by atoms with Crippen LogP contribution in [0.2, 0.25) is 5.02 Å². The van der Waals surface area contributed by atoms with Crippen LogP contribution in [0.3, 0.4) is 0 Å². The lowest BCUT2D eigenvalue weighted by molar-refractivity contribution is 0.103. The van der Waals surface area contributed by atoms with E-state index in [1.165, 1.54) is 6.07 Å². The van der Waals surface area contributed by atoms with Crippen molar-refractivity contribution >= 4 is 23.1 Å². The van der Waals surface area contributed by atoms with Gasteiger partial charge in [-0.1, -0.05) is 11.6 Å². The van der Waals surface area contributed by atoms with Gasteiger partial charge in [-0.25, -0.2) is 13.2 Å². The zero-order valence-corrected chi connectivity index (χ0v) is 10.1. The molecule has 0 radical (unpaired) electrons. The predicted octanol–water partition coefficient (Wildman–Crippen LogP) is 3.57. The van der Waals surface area contributed by atoms with Crippen LogP contribution in [-0.2, 0) is 0 Å². The van der Waals surface area contributed by atoms with E-state index < -0.39 is 23.2 Å². The number of carbonyl (C=O) groups excluding carboxylic acids is 1. The Morgan fingerprint density at radius 3 is 2.21 bits per heavy atom. The fourth-order valence-corrected chi connectivity index (χ4v) is 1.79. The number of carbonyl (C=O) groups is 1. The molecule has 19 heavy (non-hydrogen) atoms. The van der Waals surface area contributed by atoms with Gasteiger partial charge in [0, 0.05) is 11.3 Å². The minimum atomic E-state index is -1.23. The Balaban J connectivity index is 2.53. The van der Waals surface area contributed by atoms with E-state index in [-0.39, 0.29) is 21.8 Å². The minimum Gasteiger partial charge on any atom is -0.399 e. The minimum absolute atomic E-state index is 0.144. The molecule has 0 unspecified atom stereocenters. The van der Waals surface area contributed by atoms with Gasteiger partial charge < -0.3 is 5.73 Å². The molecule has 0 atom stereocenters. The van der Waals surface area contributed by atoms with Crippen molar-refractivity contribution in [2.75, 3.05) is 5.73 Å². The fourth-order valence-electron chi connectivity index (χ4n) is 1.56. The molecular formula is C13H7ClF3NO. The second-order valence-corrected chi connectivity index (χ2v) is 4.22. The number of hydrogen-bond donors (Lipinski definition) is 1. The molecule has 0 saturated heterocycles. The largest absolute Gasteiger partial charge is 0.399 e. The molecule has 0 bridgehead atoms. The molecule has 6 heteroatoms. The molecule has 0 aliphatic heterocycles. The summed E-state index contributed by atoms with van der Waals surface area (Å²) >= 11 is 5.66. The number of rotatable bonds is 2. The smallest absolute Gasteiger partial charge is 0.197 e. The van der Waals surface area contributed by atoms with E-state index in [0.29, 0.717) is 12.1 Å². The number of halogens is 4. The first-order valence-corrected chi connectivity index (χ1v) is 5.52. The molecule has 2 aromatic rings. The summed E-state index contributed by atoms with van der Waals surface area (Å²) in [5, 5.41) is -0.292. The first kappa shape index (κ1) is 13.4. The second kappa shape index (κ2) is 4.93. The summed E-state index contributed by atoms with van der Waals surface area (Å²) in [6.07, 6.45) is 0. The molecule has 0 saturated carbocycles. The Hall–Kier alpha value is -2.01. The topological polar surface area (TPSA) is 43.1 Å². The number of ketones is 1. The monoisotopic (exact) mass is 285 g/mol. The second-order valence-electron chi connectivity index (χ2n) is 3.81. The molecule has 0 amide bonds. The summed E-state index contributed by atoms with van der Waals surface area (Å²) < 4.78 is 39.6. The quantitative estimate of drug-likeness (QED) is 0.521. The first-order chi connectivity index (χ1) is 8.90. The third kappa shape index (κ3) is 2.56. The van der Waals surface area contributed by atoms with Gasteiger partial charge in [-0.15, -0.1) is 0 Å². The first-order valence-electron chi connectivity index (χ1n) is 5.14. The average molecular weight is 286 g/mol. The van der Waals surface area contributed by atoms with E-state index in [0.717, 1.165) is 12.1 Å². The van der Waals surface area contributed by atoms with Crippen LogP contribution in [-0.4, -0.2) is 5.78 Å². The lowest BCUT2D eigenvalue weighted by Gasteiger charge is -2.06. The Labute approximate surface area is 111 Å². The van der Waals surface area contributed by atoms with Crippen molar-refractivity contribution in [1.82, 2.24) is 0 Å². The highest BCUT2D eigenvalue weighted by Gasteiger charge is 2.19. The van der Waals surface area contributed by atoms with E-state index in [9.17, 15) is 18.0 Å². The van der Waals surface area contributed by atoms with E-state index in [1.807, 2.05) is 0 Å². The fraction of sp³-hybridized carbons (Fsp3) is 0. The highest BCUT2D eigenvalue weighted by Crippen LogP contribution is 2.24. The molecule has 0 heterocycles. The number of nitrogens with two attached hydrogens (primary N) is 1. The summed E-state index contributed by atoms with van der Waals surface area (Å²) in [5.74, 6) is -4.12. The highest BCUT2D eigenvalue weighted by molar-refractivity contribution is 6.35. The maximum atomic E-state index is 13.6. The molecule has 0 aliphatic carbocycles. The predicted molar refractivity (Wildman–Crippen MR) is 65.6 cm³/mol. The summed E-state index contributed by atoms with van der Waals surface area (Å²) in [5.41, 5.74) is 4.86. The lowest BCUT2D eigenvalue weighted by Crippen LogP contribution is -2.07. The van der Waals surface area contributed by atoms with E-state index >= 15 is 0 Å². The van der Waals surface area contributed by atoms with Crippen molar-refractivity contribution in [2.45, 2.75) is 0 Å². The average Bonchev–Trinajstić information content (AvgIpc) is 2.33. The zero-order chi connectivity index (χ0) is 14.2. The molecular weight excluding hydrogens is 279 g/mol. The van der Waals surface area contributed by atoms with Gasteiger partial charge in [0.15, 0.2) is 17.4 Å². The van der Waals surface area contributed by atoms with Crippen LogP contribution in [0.1, 0.15) is 15.9 Å². The van der Waals surface area contributed by atoms with Crippen molar-refractivity contribution in [3.8, 4) is 0 Å². The maximum Gasteiger partial charge on any atom is 0.197 e. The summed E-state index contributed by atoms with van der Waals surface area (Å²) in [6, 6.07) is 4.74. The van der Waals surface area contributed by atoms with E-state index in [2.05, 4.69) is 0 Å². The number of nitrogen functional groups attached to an aromatic ring is 1. The van der Waals surface area contributed by atoms with Crippen LogP contribution in [0.4, 0.5) is 18.9 Å². The molecule has 2 rings (SSSR count). The van der Waals surface area contributed by atoms with Crippen molar-refractivity contribution in [3.63, 3.8) is 0 Å². The highest BCUT2D eigenvalue weighted by atomic mass is 35.5. The molecule has 0 fully saturated rings. The normalized spacial score (nSPS) is 10.5. The van der Waals surface area contributed by atoms with Crippen LogP contribution in [0.5, 0.6) is 0 Å². The van der Waals surface area contributed by atoms with Gasteiger partial charge in [-0.2, -0.15) is 0 Å². The standard InChI is InChI=1S/C13H7ClF3NO/c14-9-5-12(17)11(16)4-8(9)13(19)7-2-1-6(18)3-10(7)15/h1-5H,18H2. The van der Waals surface area contributed by atoms with Crippen molar-refractivity contribution in [1.29, 1.82) is 0 Å². The molecule has 2 nitrogen and oxygen atoms in total. The van der Waals surface area contributed by atoms with Crippen LogP contribution in [0.15, 0.2) is 30.3 Å². The Bertz CT molecular complexity index is 673. The van der Waals surface area contributed by atoms with E-state index in [4.69, 9.17) is 17.3 Å². The lowest BCUT2D eigenvalue weighted by atomic mass is 10.0. The van der Waals surface area contributed by atoms with Crippen molar-refractivity contribution in [3.05, 3.63) is 63.9 Å². The van der Waals surface area contributed by atoms with Crippen molar-refractivity contribution in [2.24, 2.45) is 0 Å². The number of benzene rings is 2. The molecule has 0 aliphatic rings. The maximum absolute atomic E-state index is 13.6. The molecule has 0 aromatic heterocycles. The SMILES string of the molecule is Nc1ccc(C(=O)c2cc(F)c(F)cc2Cl)c(F)c1.